The van der Waals surface area contributed by atoms with Gasteiger partial charge in [0, 0.05) is 6.92 Å². The van der Waals surface area contributed by atoms with Crippen LogP contribution in [0.5, 0.6) is 0 Å². The molecule has 1 rings (SSSR count). The largest absolute Gasteiger partial charge is 0.284 e. The zero-order chi connectivity index (χ0) is 4.41. The van der Waals surface area contributed by atoms with Crippen LogP contribution >= 0.6 is 0 Å². The van der Waals surface area contributed by atoms with Crippen LogP contribution in [-0.4, -0.2) is 6.34 Å². The van der Waals surface area contributed by atoms with E-state index in [4.69, 9.17) is 0 Å². The molecule has 31 valence electrons. The summed E-state index contributed by atoms with van der Waals surface area (Å²) in [5.74, 6) is 0. The molecule has 1 heterocycles. The van der Waals surface area contributed by atoms with E-state index in [9.17, 15) is 0 Å². The van der Waals surface area contributed by atoms with Gasteiger partial charge in [-0.25, -0.2) is 5.32 Å². The molecule has 1 N–H and O–H groups in total. The molecule has 0 saturated carbocycles. The Morgan fingerprint density at radius 2 is 2.67 bits per heavy atom. The lowest BCUT2D eigenvalue weighted by Crippen LogP contribution is -1.94. The Hall–Kier alpha value is -0.790. The van der Waals surface area contributed by atoms with Crippen molar-refractivity contribution in [3.63, 3.8) is 0 Å². The van der Waals surface area contributed by atoms with Gasteiger partial charge in [0.2, 0.25) is 0 Å². The van der Waals surface area contributed by atoms with Gasteiger partial charge >= 0.3 is 0 Å². The van der Waals surface area contributed by atoms with Crippen molar-refractivity contribution in [3.05, 3.63) is 11.9 Å². The lowest BCUT2D eigenvalue weighted by molar-refractivity contribution is 1.22. The first-order chi connectivity index (χ1) is 2.89. The predicted molar refractivity (Wildman–Crippen MR) is 25.1 cm³/mol. The van der Waals surface area contributed by atoms with Crippen LogP contribution in [0.4, 0.5) is 0 Å². The Labute approximate surface area is 36.6 Å². The molecule has 0 amide bonds. The molecule has 0 aliphatic carbocycles. The number of nitrogens with zero attached hydrogens (tertiary/aromatic N) is 1. The number of rotatable bonds is 0. The third-order valence-corrected chi connectivity index (χ3v) is 0.635. The Morgan fingerprint density at radius 1 is 1.83 bits per heavy atom. The Kier molecular flexibility index (Phi) is 0.638. The van der Waals surface area contributed by atoms with Crippen molar-refractivity contribution in [3.8, 4) is 0 Å². The summed E-state index contributed by atoms with van der Waals surface area (Å²) < 4.78 is 0. The molecule has 0 spiro atoms. The van der Waals surface area contributed by atoms with Crippen LogP contribution in [0.15, 0.2) is 11.9 Å². The van der Waals surface area contributed by atoms with E-state index in [1.54, 1.807) is 6.34 Å². The van der Waals surface area contributed by atoms with Crippen molar-refractivity contribution in [2.75, 3.05) is 0 Å². The number of nitrogens with one attached hydrogen (secondary N) is 1. The van der Waals surface area contributed by atoms with E-state index in [0.29, 0.717) is 0 Å². The molecule has 1 aliphatic rings. The predicted octanol–water partition coefficient (Wildman–Crippen LogP) is -0.185. The Bertz CT molecular complexity index is 99.4. The molecular formula is C4H6N2+. The van der Waals surface area contributed by atoms with Crippen LogP contribution in [0.1, 0.15) is 6.92 Å². The maximum Gasteiger partial charge on any atom is 0.284 e. The fourth-order valence-electron chi connectivity index (χ4n) is 0.334. The number of aliphatic imine (C=N–C) groups is 1. The Morgan fingerprint density at radius 3 is 2.83 bits per heavy atom. The summed E-state index contributed by atoms with van der Waals surface area (Å²) in [6.07, 6.45) is 3.51. The zero-order valence-electron chi connectivity index (χ0n) is 3.60. The van der Waals surface area contributed by atoms with Gasteiger partial charge in [-0.05, 0) is 0 Å². The van der Waals surface area contributed by atoms with E-state index in [1.807, 2.05) is 13.1 Å². The van der Waals surface area contributed by atoms with Crippen LogP contribution in [-0.2, 0) is 0 Å². The first kappa shape index (κ1) is 3.40. The molecule has 2 heteroatoms. The van der Waals surface area contributed by atoms with E-state index < -0.39 is 0 Å². The van der Waals surface area contributed by atoms with Gasteiger partial charge in [0.1, 0.15) is 6.20 Å². The number of hydrogen-bond acceptors (Lipinski definition) is 2. The Balaban J connectivity index is 2.68. The van der Waals surface area contributed by atoms with Gasteiger partial charge in [-0.2, -0.15) is 0 Å². The minimum atomic E-state index is 1.04. The average molecular weight is 82.1 g/mol. The maximum absolute atomic E-state index is 3.86. The molecule has 0 bridgehead atoms. The second-order valence-electron chi connectivity index (χ2n) is 1.21. The summed E-state index contributed by atoms with van der Waals surface area (Å²) in [6, 6.07) is 0. The fraction of sp³-hybridized carbons (Fsp3) is 0.250. The highest BCUT2D eigenvalue weighted by atomic mass is 15.0. The molecule has 0 aromatic carbocycles. The molecule has 2 nitrogen and oxygen atoms in total. The van der Waals surface area contributed by atoms with E-state index >= 15 is 0 Å². The third kappa shape index (κ3) is 0.407. The van der Waals surface area contributed by atoms with Gasteiger partial charge in [0.05, 0.1) is 0 Å². The van der Waals surface area contributed by atoms with Crippen LogP contribution in [0.2, 0.25) is 0 Å². The standard InChI is InChI=1S/C4H6N2/c1-4-2-5-3-6-4/h2-3,5H,1H3/q+1. The number of allylic oxidation sites excluding steroid dienone is 1. The molecule has 0 unspecified atom stereocenters. The molecule has 0 saturated heterocycles. The van der Waals surface area contributed by atoms with Crippen LogP contribution in [0.25, 0.3) is 0 Å². The van der Waals surface area contributed by atoms with Gasteiger partial charge in [-0.15, -0.1) is 0 Å². The molecule has 1 radical (unpaired) electrons. The third-order valence-electron chi connectivity index (χ3n) is 0.635. The van der Waals surface area contributed by atoms with Gasteiger partial charge < -0.3 is 0 Å². The van der Waals surface area contributed by atoms with Crippen molar-refractivity contribution < 1.29 is 0 Å². The van der Waals surface area contributed by atoms with Crippen LogP contribution in [0.3, 0.4) is 0 Å². The molecule has 6 heavy (non-hydrogen) atoms. The smallest absolute Gasteiger partial charge is 0.247 e. The summed E-state index contributed by atoms with van der Waals surface area (Å²) in [5.41, 5.74) is 1.04. The molecule has 0 aromatic rings. The van der Waals surface area contributed by atoms with Crippen molar-refractivity contribution in [2.45, 2.75) is 6.92 Å². The zero-order valence-corrected chi connectivity index (χ0v) is 3.60. The summed E-state index contributed by atoms with van der Waals surface area (Å²) in [6.45, 7) is 1.94. The minimum absolute atomic E-state index is 1.04. The highest BCUT2D eigenvalue weighted by Crippen LogP contribution is 1.81. The number of hydrogen-bond donors (Lipinski definition) is 1. The highest BCUT2D eigenvalue weighted by Gasteiger charge is 1.97. The lowest BCUT2D eigenvalue weighted by Gasteiger charge is -1.60. The first-order valence-electron chi connectivity index (χ1n) is 1.85. The fourth-order valence-corrected chi connectivity index (χ4v) is 0.334. The monoisotopic (exact) mass is 82.1 g/mol. The average Bonchev–Trinajstić information content (AvgIpc) is 1.86. The SMILES string of the molecule is CC1=CNC=[N+]1. The van der Waals surface area contributed by atoms with Crippen molar-refractivity contribution in [1.82, 2.24) is 10.3 Å². The van der Waals surface area contributed by atoms with Crippen LogP contribution < -0.4 is 10.3 Å². The summed E-state index contributed by atoms with van der Waals surface area (Å²) in [7, 11) is 0. The molecule has 0 atom stereocenters. The minimum Gasteiger partial charge on any atom is -0.247 e. The topological polar surface area (TPSA) is 26.1 Å². The van der Waals surface area contributed by atoms with Gasteiger partial charge in [0.25, 0.3) is 6.34 Å². The van der Waals surface area contributed by atoms with Gasteiger partial charge in [-0.3, -0.25) is 0 Å². The second-order valence-corrected chi connectivity index (χ2v) is 1.21. The highest BCUT2D eigenvalue weighted by molar-refractivity contribution is 5.58. The maximum atomic E-state index is 3.86. The lowest BCUT2D eigenvalue weighted by atomic mass is 10.6. The van der Waals surface area contributed by atoms with Crippen molar-refractivity contribution >= 4 is 6.34 Å². The summed E-state index contributed by atoms with van der Waals surface area (Å²) >= 11 is 0. The molecule has 0 fully saturated rings. The second kappa shape index (κ2) is 1.12. The van der Waals surface area contributed by atoms with Crippen molar-refractivity contribution in [2.24, 2.45) is 0 Å². The normalized spacial score (nSPS) is 17.2. The first-order valence-corrected chi connectivity index (χ1v) is 1.85. The summed E-state index contributed by atoms with van der Waals surface area (Å²) in [5, 5.41) is 2.82. The molecular weight excluding hydrogens is 76.1 g/mol. The quantitative estimate of drug-likeness (QED) is 0.431. The molecule has 0 aromatic heterocycles. The molecule has 1 aliphatic heterocycles. The van der Waals surface area contributed by atoms with E-state index in [-0.39, 0.29) is 0 Å². The van der Waals surface area contributed by atoms with Crippen molar-refractivity contribution in [1.29, 1.82) is 0 Å². The van der Waals surface area contributed by atoms with Crippen LogP contribution in [0, 0.1) is 0 Å². The van der Waals surface area contributed by atoms with E-state index in [0.717, 1.165) is 5.70 Å². The summed E-state index contributed by atoms with van der Waals surface area (Å²) in [4.78, 5) is 3.86. The van der Waals surface area contributed by atoms with E-state index in [2.05, 4.69) is 10.3 Å². The van der Waals surface area contributed by atoms with Gasteiger partial charge in [-0.1, -0.05) is 4.99 Å². The van der Waals surface area contributed by atoms with Gasteiger partial charge in [0.15, 0.2) is 5.70 Å². The van der Waals surface area contributed by atoms with E-state index in [1.165, 1.54) is 0 Å².